The van der Waals surface area contributed by atoms with E-state index in [-0.39, 0.29) is 0 Å². The lowest BCUT2D eigenvalue weighted by Crippen LogP contribution is -2.31. The van der Waals surface area contributed by atoms with Crippen LogP contribution in [0.1, 0.15) is 20.3 Å². The first-order chi connectivity index (χ1) is 9.67. The second-order valence-corrected chi connectivity index (χ2v) is 4.90. The van der Waals surface area contributed by atoms with Gasteiger partial charge in [0.15, 0.2) is 11.5 Å². The topological polar surface area (TPSA) is 47.7 Å². The minimum Gasteiger partial charge on any atom is -0.490 e. The summed E-state index contributed by atoms with van der Waals surface area (Å²) in [6.45, 7) is 8.02. The molecule has 1 aromatic rings. The minimum absolute atomic E-state index is 0.561. The fourth-order valence-corrected chi connectivity index (χ4v) is 1.92. The van der Waals surface area contributed by atoms with E-state index < -0.39 is 0 Å². The van der Waals surface area contributed by atoms with Crippen LogP contribution in [0, 0.1) is 0 Å². The third-order valence-electron chi connectivity index (χ3n) is 2.94. The van der Waals surface area contributed by atoms with Crippen LogP contribution in [-0.2, 0) is 0 Å². The molecular formula is C15H24N2O2S. The average molecular weight is 296 g/mol. The van der Waals surface area contributed by atoms with E-state index in [1.165, 1.54) is 0 Å². The van der Waals surface area contributed by atoms with Gasteiger partial charge in [-0.15, -0.1) is 0 Å². The Morgan fingerprint density at radius 2 is 1.80 bits per heavy atom. The number of hydrogen-bond acceptors (Lipinski definition) is 4. The zero-order valence-electron chi connectivity index (χ0n) is 12.3. The fourth-order valence-electron chi connectivity index (χ4n) is 1.83. The van der Waals surface area contributed by atoms with Crippen molar-refractivity contribution in [3.63, 3.8) is 0 Å². The summed E-state index contributed by atoms with van der Waals surface area (Å²) in [7, 11) is 0. The summed E-state index contributed by atoms with van der Waals surface area (Å²) in [5.41, 5.74) is 5.53. The maximum Gasteiger partial charge on any atom is 0.161 e. The van der Waals surface area contributed by atoms with Crippen molar-refractivity contribution in [1.82, 2.24) is 4.90 Å². The SMILES string of the molecule is CCOc1ccccc1OCCN(CC)CCC(N)=S. The zero-order valence-corrected chi connectivity index (χ0v) is 13.1. The molecule has 0 aliphatic heterocycles. The van der Waals surface area contributed by atoms with E-state index >= 15 is 0 Å². The van der Waals surface area contributed by atoms with Gasteiger partial charge in [0.2, 0.25) is 0 Å². The molecule has 0 heterocycles. The molecule has 0 spiro atoms. The molecule has 0 aromatic heterocycles. The molecule has 1 rings (SSSR count). The lowest BCUT2D eigenvalue weighted by Gasteiger charge is -2.20. The number of hydrogen-bond donors (Lipinski definition) is 1. The van der Waals surface area contributed by atoms with Gasteiger partial charge in [0, 0.05) is 19.5 Å². The van der Waals surface area contributed by atoms with Gasteiger partial charge in [-0.2, -0.15) is 0 Å². The number of rotatable bonds is 10. The largest absolute Gasteiger partial charge is 0.490 e. The van der Waals surface area contributed by atoms with Crippen LogP contribution in [0.2, 0.25) is 0 Å². The Morgan fingerprint density at radius 3 is 2.35 bits per heavy atom. The van der Waals surface area contributed by atoms with E-state index in [2.05, 4.69) is 11.8 Å². The standard InChI is InChI=1S/C15H24N2O2S/c1-3-17(10-9-15(16)20)11-12-19-14-8-6-5-7-13(14)18-4-2/h5-8H,3-4,9-12H2,1-2H3,(H2,16,20). The summed E-state index contributed by atoms with van der Waals surface area (Å²) < 4.78 is 11.3. The van der Waals surface area contributed by atoms with Crippen molar-refractivity contribution in [2.45, 2.75) is 20.3 Å². The molecule has 0 saturated heterocycles. The van der Waals surface area contributed by atoms with Gasteiger partial charge in [-0.1, -0.05) is 31.3 Å². The lowest BCUT2D eigenvalue weighted by atomic mass is 10.3. The van der Waals surface area contributed by atoms with Crippen molar-refractivity contribution in [2.75, 3.05) is 32.8 Å². The van der Waals surface area contributed by atoms with Crippen LogP contribution in [0.25, 0.3) is 0 Å². The molecule has 1 aromatic carbocycles. The van der Waals surface area contributed by atoms with E-state index in [0.717, 1.165) is 37.6 Å². The summed E-state index contributed by atoms with van der Waals surface area (Å²) in [5.74, 6) is 1.58. The minimum atomic E-state index is 0.561. The summed E-state index contributed by atoms with van der Waals surface area (Å²) in [5, 5.41) is 0. The van der Waals surface area contributed by atoms with Crippen molar-refractivity contribution >= 4 is 17.2 Å². The second-order valence-electron chi connectivity index (χ2n) is 4.38. The first-order valence-corrected chi connectivity index (χ1v) is 7.43. The molecule has 0 radical (unpaired) electrons. The van der Waals surface area contributed by atoms with Crippen molar-refractivity contribution in [3.05, 3.63) is 24.3 Å². The van der Waals surface area contributed by atoms with E-state index in [0.29, 0.717) is 18.2 Å². The van der Waals surface area contributed by atoms with Crippen molar-refractivity contribution in [1.29, 1.82) is 0 Å². The molecule has 0 aliphatic rings. The van der Waals surface area contributed by atoms with Gasteiger partial charge in [-0.3, -0.25) is 4.90 Å². The third kappa shape index (κ3) is 6.21. The number of benzene rings is 1. The number of ether oxygens (including phenoxy) is 2. The smallest absolute Gasteiger partial charge is 0.161 e. The number of likely N-dealkylation sites (N-methyl/N-ethyl adjacent to an activating group) is 1. The maximum absolute atomic E-state index is 5.80. The average Bonchev–Trinajstić information content (AvgIpc) is 2.44. The van der Waals surface area contributed by atoms with Gasteiger partial charge in [-0.05, 0) is 25.6 Å². The van der Waals surface area contributed by atoms with E-state index in [9.17, 15) is 0 Å². The molecule has 4 nitrogen and oxygen atoms in total. The van der Waals surface area contributed by atoms with Crippen LogP contribution >= 0.6 is 12.2 Å². The lowest BCUT2D eigenvalue weighted by molar-refractivity contribution is 0.211. The summed E-state index contributed by atoms with van der Waals surface area (Å²) in [6.07, 6.45) is 0.749. The van der Waals surface area contributed by atoms with Crippen LogP contribution in [0.5, 0.6) is 11.5 Å². The van der Waals surface area contributed by atoms with E-state index in [4.69, 9.17) is 27.4 Å². The van der Waals surface area contributed by atoms with Crippen LogP contribution < -0.4 is 15.2 Å². The molecule has 0 atom stereocenters. The predicted octanol–water partition coefficient (Wildman–Crippen LogP) is 2.46. The van der Waals surface area contributed by atoms with Gasteiger partial charge in [-0.25, -0.2) is 0 Å². The van der Waals surface area contributed by atoms with Crippen LogP contribution in [0.4, 0.5) is 0 Å². The van der Waals surface area contributed by atoms with Gasteiger partial charge < -0.3 is 15.2 Å². The summed E-state index contributed by atoms with van der Waals surface area (Å²) >= 11 is 4.90. The van der Waals surface area contributed by atoms with Gasteiger partial charge in [0.05, 0.1) is 11.6 Å². The van der Waals surface area contributed by atoms with Gasteiger partial charge in [0.25, 0.3) is 0 Å². The molecule has 5 heteroatoms. The molecule has 0 aliphatic carbocycles. The third-order valence-corrected chi connectivity index (χ3v) is 3.14. The Balaban J connectivity index is 2.40. The predicted molar refractivity (Wildman–Crippen MR) is 86.6 cm³/mol. The van der Waals surface area contributed by atoms with Crippen molar-refractivity contribution < 1.29 is 9.47 Å². The van der Waals surface area contributed by atoms with Crippen LogP contribution in [-0.4, -0.2) is 42.7 Å². The molecule has 112 valence electrons. The normalized spacial score (nSPS) is 10.6. The highest BCUT2D eigenvalue weighted by atomic mass is 32.1. The molecule has 0 unspecified atom stereocenters. The zero-order chi connectivity index (χ0) is 14.8. The molecule has 0 saturated carbocycles. The highest BCUT2D eigenvalue weighted by Gasteiger charge is 2.06. The molecule has 20 heavy (non-hydrogen) atoms. The Labute approximate surface area is 126 Å². The van der Waals surface area contributed by atoms with Crippen molar-refractivity contribution in [3.8, 4) is 11.5 Å². The maximum atomic E-state index is 5.80. The number of nitrogens with zero attached hydrogens (tertiary/aromatic N) is 1. The first kappa shape index (κ1) is 16.7. The number of nitrogens with two attached hydrogens (primary N) is 1. The first-order valence-electron chi connectivity index (χ1n) is 7.02. The number of para-hydroxylation sites is 2. The highest BCUT2D eigenvalue weighted by Crippen LogP contribution is 2.26. The Kier molecular flexibility index (Phi) is 7.99. The van der Waals surface area contributed by atoms with E-state index in [1.54, 1.807) is 0 Å². The van der Waals surface area contributed by atoms with Gasteiger partial charge >= 0.3 is 0 Å². The van der Waals surface area contributed by atoms with Crippen LogP contribution in [0.3, 0.4) is 0 Å². The Hall–Kier alpha value is -1.33. The number of thiocarbonyl (C=S) groups is 1. The quantitative estimate of drug-likeness (QED) is 0.672. The Morgan fingerprint density at radius 1 is 1.15 bits per heavy atom. The fraction of sp³-hybridized carbons (Fsp3) is 0.533. The molecule has 2 N–H and O–H groups in total. The van der Waals surface area contributed by atoms with Crippen molar-refractivity contribution in [2.24, 2.45) is 5.73 Å². The van der Waals surface area contributed by atoms with Crippen LogP contribution in [0.15, 0.2) is 24.3 Å². The van der Waals surface area contributed by atoms with Gasteiger partial charge in [0.1, 0.15) is 6.61 Å². The molecule has 0 bridgehead atoms. The molecular weight excluding hydrogens is 272 g/mol. The molecule has 0 amide bonds. The summed E-state index contributed by atoms with van der Waals surface area (Å²) in [6, 6.07) is 7.74. The molecule has 0 fully saturated rings. The second kappa shape index (κ2) is 9.55. The summed E-state index contributed by atoms with van der Waals surface area (Å²) in [4.78, 5) is 2.83. The monoisotopic (exact) mass is 296 g/mol. The van der Waals surface area contributed by atoms with E-state index in [1.807, 2.05) is 31.2 Å². The Bertz CT molecular complexity index is 413. The highest BCUT2D eigenvalue weighted by molar-refractivity contribution is 7.80.